The lowest BCUT2D eigenvalue weighted by atomic mass is 9.96. The number of rotatable bonds is 4. The van der Waals surface area contributed by atoms with Crippen molar-refractivity contribution in [2.75, 3.05) is 6.54 Å². The lowest BCUT2D eigenvalue weighted by molar-refractivity contribution is 0.535. The molecule has 3 heteroatoms. The van der Waals surface area contributed by atoms with Crippen LogP contribution < -0.4 is 5.32 Å². The first-order valence-corrected chi connectivity index (χ1v) is 5.91. The fourth-order valence-electron chi connectivity index (χ4n) is 1.34. The Balaban J connectivity index is 2.52. The third-order valence-corrected chi connectivity index (χ3v) is 2.26. The van der Waals surface area contributed by atoms with Crippen LogP contribution in [-0.4, -0.2) is 16.5 Å². The Hall–Kier alpha value is -0.960. The summed E-state index contributed by atoms with van der Waals surface area (Å²) in [6.45, 7) is 12.7. The van der Waals surface area contributed by atoms with Crippen LogP contribution in [0.15, 0.2) is 12.4 Å². The monoisotopic (exact) mass is 221 g/mol. The van der Waals surface area contributed by atoms with Gasteiger partial charge < -0.3 is 5.32 Å². The Morgan fingerprint density at radius 1 is 1.19 bits per heavy atom. The van der Waals surface area contributed by atoms with Gasteiger partial charge in [0.05, 0.1) is 0 Å². The van der Waals surface area contributed by atoms with Gasteiger partial charge in [-0.25, -0.2) is 9.97 Å². The van der Waals surface area contributed by atoms with Crippen LogP contribution in [0.25, 0.3) is 0 Å². The van der Waals surface area contributed by atoms with E-state index in [2.05, 4.69) is 49.9 Å². The van der Waals surface area contributed by atoms with E-state index in [4.69, 9.17) is 0 Å². The Labute approximate surface area is 98.7 Å². The van der Waals surface area contributed by atoms with Crippen molar-refractivity contribution in [3.05, 3.63) is 23.8 Å². The average molecular weight is 221 g/mol. The molecule has 0 saturated carbocycles. The second-order valence-corrected chi connectivity index (χ2v) is 5.69. The topological polar surface area (TPSA) is 37.8 Å². The van der Waals surface area contributed by atoms with E-state index >= 15 is 0 Å². The molecule has 0 fully saturated rings. The van der Waals surface area contributed by atoms with Crippen molar-refractivity contribution in [2.45, 2.75) is 46.6 Å². The van der Waals surface area contributed by atoms with E-state index in [0.717, 1.165) is 24.5 Å². The average Bonchev–Trinajstić information content (AvgIpc) is 2.16. The van der Waals surface area contributed by atoms with Crippen molar-refractivity contribution in [3.63, 3.8) is 0 Å². The first-order valence-electron chi connectivity index (χ1n) is 5.91. The van der Waals surface area contributed by atoms with Gasteiger partial charge in [0.2, 0.25) is 0 Å². The summed E-state index contributed by atoms with van der Waals surface area (Å²) in [7, 11) is 0. The fourth-order valence-corrected chi connectivity index (χ4v) is 1.34. The first-order chi connectivity index (χ1) is 7.39. The lowest BCUT2D eigenvalue weighted by Gasteiger charge is -2.16. The molecule has 0 aliphatic rings. The van der Waals surface area contributed by atoms with Crippen LogP contribution in [0.3, 0.4) is 0 Å². The van der Waals surface area contributed by atoms with Crippen molar-refractivity contribution in [2.24, 2.45) is 5.92 Å². The van der Waals surface area contributed by atoms with E-state index in [1.54, 1.807) is 0 Å². The lowest BCUT2D eigenvalue weighted by Crippen LogP contribution is -2.20. The van der Waals surface area contributed by atoms with E-state index in [0.29, 0.717) is 5.92 Å². The molecular weight excluding hydrogens is 198 g/mol. The standard InChI is InChI=1S/C13H23N3/c1-10(2)6-14-7-11-8-15-12(16-9-11)13(3,4)5/h8-10,14H,6-7H2,1-5H3. The molecule has 1 heterocycles. The van der Waals surface area contributed by atoms with Gasteiger partial charge in [0.1, 0.15) is 5.82 Å². The molecule has 0 aliphatic heterocycles. The van der Waals surface area contributed by atoms with Crippen molar-refractivity contribution in [3.8, 4) is 0 Å². The number of nitrogens with one attached hydrogen (secondary N) is 1. The number of nitrogens with zero attached hydrogens (tertiary/aromatic N) is 2. The molecule has 0 aromatic carbocycles. The quantitative estimate of drug-likeness (QED) is 0.849. The Morgan fingerprint density at radius 3 is 2.19 bits per heavy atom. The van der Waals surface area contributed by atoms with Crippen LogP contribution in [0.1, 0.15) is 46.0 Å². The van der Waals surface area contributed by atoms with Crippen molar-refractivity contribution in [1.82, 2.24) is 15.3 Å². The summed E-state index contributed by atoms with van der Waals surface area (Å²) >= 11 is 0. The Morgan fingerprint density at radius 2 is 1.75 bits per heavy atom. The molecular formula is C13H23N3. The first kappa shape index (κ1) is 13.1. The summed E-state index contributed by atoms with van der Waals surface area (Å²) in [5, 5.41) is 3.38. The summed E-state index contributed by atoms with van der Waals surface area (Å²) in [5.41, 5.74) is 1.18. The molecule has 16 heavy (non-hydrogen) atoms. The molecule has 90 valence electrons. The highest BCUT2D eigenvalue weighted by atomic mass is 14.9. The van der Waals surface area contributed by atoms with E-state index in [1.807, 2.05) is 12.4 Å². The van der Waals surface area contributed by atoms with Crippen LogP contribution in [0.5, 0.6) is 0 Å². The highest BCUT2D eigenvalue weighted by Gasteiger charge is 2.16. The smallest absolute Gasteiger partial charge is 0.133 e. The molecule has 0 atom stereocenters. The molecule has 3 nitrogen and oxygen atoms in total. The SMILES string of the molecule is CC(C)CNCc1cnc(C(C)(C)C)nc1. The predicted molar refractivity (Wildman–Crippen MR) is 67.3 cm³/mol. The summed E-state index contributed by atoms with van der Waals surface area (Å²) < 4.78 is 0. The normalized spacial score (nSPS) is 12.1. The zero-order chi connectivity index (χ0) is 12.2. The predicted octanol–water partition coefficient (Wildman–Crippen LogP) is 2.52. The molecule has 0 saturated heterocycles. The van der Waals surface area contributed by atoms with Crippen molar-refractivity contribution >= 4 is 0 Å². The van der Waals surface area contributed by atoms with Gasteiger partial charge in [0.25, 0.3) is 0 Å². The molecule has 1 aromatic rings. The molecule has 0 unspecified atom stereocenters. The van der Waals surface area contributed by atoms with Gasteiger partial charge in [0, 0.05) is 29.9 Å². The third-order valence-electron chi connectivity index (χ3n) is 2.26. The maximum absolute atomic E-state index is 4.40. The van der Waals surface area contributed by atoms with Gasteiger partial charge in [-0.05, 0) is 12.5 Å². The van der Waals surface area contributed by atoms with Crippen molar-refractivity contribution < 1.29 is 0 Å². The molecule has 1 rings (SSSR count). The minimum absolute atomic E-state index is 0.0316. The van der Waals surface area contributed by atoms with Crippen LogP contribution >= 0.6 is 0 Å². The van der Waals surface area contributed by atoms with Gasteiger partial charge in [-0.2, -0.15) is 0 Å². The van der Waals surface area contributed by atoms with Crippen LogP contribution in [0.4, 0.5) is 0 Å². The van der Waals surface area contributed by atoms with E-state index in [9.17, 15) is 0 Å². The highest BCUT2D eigenvalue weighted by molar-refractivity contribution is 5.09. The Kier molecular flexibility index (Phi) is 4.42. The summed E-state index contributed by atoms with van der Waals surface area (Å²) in [6, 6.07) is 0. The summed E-state index contributed by atoms with van der Waals surface area (Å²) in [6.07, 6.45) is 3.84. The van der Waals surface area contributed by atoms with Crippen molar-refractivity contribution in [1.29, 1.82) is 0 Å². The van der Waals surface area contributed by atoms with Gasteiger partial charge >= 0.3 is 0 Å². The molecule has 0 spiro atoms. The molecule has 0 amide bonds. The molecule has 1 N–H and O–H groups in total. The summed E-state index contributed by atoms with van der Waals surface area (Å²) in [4.78, 5) is 8.79. The van der Waals surface area contributed by atoms with Gasteiger partial charge in [-0.15, -0.1) is 0 Å². The van der Waals surface area contributed by atoms with Gasteiger partial charge in [-0.1, -0.05) is 34.6 Å². The summed E-state index contributed by atoms with van der Waals surface area (Å²) in [5.74, 6) is 1.58. The molecule has 0 aliphatic carbocycles. The molecule has 1 aromatic heterocycles. The maximum atomic E-state index is 4.40. The third kappa shape index (κ3) is 4.27. The van der Waals surface area contributed by atoms with Gasteiger partial charge in [0.15, 0.2) is 0 Å². The highest BCUT2D eigenvalue weighted by Crippen LogP contribution is 2.16. The van der Waals surface area contributed by atoms with E-state index < -0.39 is 0 Å². The zero-order valence-electron chi connectivity index (χ0n) is 11.0. The van der Waals surface area contributed by atoms with Crippen LogP contribution in [-0.2, 0) is 12.0 Å². The molecule has 0 radical (unpaired) electrons. The fraction of sp³-hybridized carbons (Fsp3) is 0.692. The second-order valence-electron chi connectivity index (χ2n) is 5.69. The molecule has 0 bridgehead atoms. The Bertz CT molecular complexity index is 309. The number of hydrogen-bond acceptors (Lipinski definition) is 3. The second kappa shape index (κ2) is 5.39. The maximum Gasteiger partial charge on any atom is 0.133 e. The minimum atomic E-state index is 0.0316. The largest absolute Gasteiger partial charge is 0.312 e. The van der Waals surface area contributed by atoms with Gasteiger partial charge in [-0.3, -0.25) is 0 Å². The van der Waals surface area contributed by atoms with Crippen LogP contribution in [0, 0.1) is 5.92 Å². The number of aromatic nitrogens is 2. The number of hydrogen-bond donors (Lipinski definition) is 1. The van der Waals surface area contributed by atoms with E-state index in [-0.39, 0.29) is 5.41 Å². The zero-order valence-corrected chi connectivity index (χ0v) is 11.0. The van der Waals surface area contributed by atoms with E-state index in [1.165, 1.54) is 0 Å². The minimum Gasteiger partial charge on any atom is -0.312 e. The van der Waals surface area contributed by atoms with Crippen LogP contribution in [0.2, 0.25) is 0 Å².